The standard InChI is InChI=1S/C13H14N2S2/c16-9-12(11-5-2-1-3-6-11)10-17-13-14-7-4-8-15-13/h1-8,12,16H,9-10H2. The van der Waals surface area contributed by atoms with Gasteiger partial charge in [0.2, 0.25) is 0 Å². The quantitative estimate of drug-likeness (QED) is 0.509. The van der Waals surface area contributed by atoms with Crippen LogP contribution in [0.3, 0.4) is 0 Å². The summed E-state index contributed by atoms with van der Waals surface area (Å²) in [7, 11) is 0. The normalized spacial score (nSPS) is 12.3. The predicted molar refractivity (Wildman–Crippen MR) is 75.8 cm³/mol. The molecule has 0 aliphatic carbocycles. The smallest absolute Gasteiger partial charge is 0.187 e. The number of hydrogen-bond acceptors (Lipinski definition) is 4. The Morgan fingerprint density at radius 3 is 2.41 bits per heavy atom. The van der Waals surface area contributed by atoms with Crippen molar-refractivity contribution in [3.05, 3.63) is 54.4 Å². The molecule has 0 aliphatic heterocycles. The number of aromatic nitrogens is 2. The molecule has 0 amide bonds. The molecule has 1 unspecified atom stereocenters. The number of hydrogen-bond donors (Lipinski definition) is 1. The molecule has 0 N–H and O–H groups in total. The summed E-state index contributed by atoms with van der Waals surface area (Å²) in [6.45, 7) is 0. The van der Waals surface area contributed by atoms with E-state index in [1.165, 1.54) is 5.56 Å². The second-order valence-corrected chi connectivity index (χ2v) is 4.98. The summed E-state index contributed by atoms with van der Waals surface area (Å²) in [6.07, 6.45) is 3.54. The first-order chi connectivity index (χ1) is 8.40. The Bertz CT molecular complexity index is 434. The molecule has 1 heterocycles. The van der Waals surface area contributed by atoms with E-state index in [2.05, 4.69) is 46.9 Å². The highest BCUT2D eigenvalue weighted by Gasteiger charge is 2.10. The van der Waals surface area contributed by atoms with Crippen LogP contribution < -0.4 is 0 Å². The predicted octanol–water partition coefficient (Wildman–Crippen LogP) is 3.28. The van der Waals surface area contributed by atoms with Crippen molar-refractivity contribution in [2.45, 2.75) is 11.1 Å². The maximum atomic E-state index is 4.42. The number of rotatable bonds is 5. The summed E-state index contributed by atoms with van der Waals surface area (Å²) < 4.78 is 0. The van der Waals surface area contributed by atoms with Gasteiger partial charge < -0.3 is 0 Å². The minimum Gasteiger partial charge on any atom is -0.231 e. The summed E-state index contributed by atoms with van der Waals surface area (Å²) in [5.74, 6) is 2.23. The highest BCUT2D eigenvalue weighted by Crippen LogP contribution is 2.24. The molecule has 0 spiro atoms. The number of thioether (sulfide) groups is 1. The molecule has 1 aromatic heterocycles. The Morgan fingerprint density at radius 2 is 1.76 bits per heavy atom. The molecule has 0 radical (unpaired) electrons. The molecular formula is C13H14N2S2. The summed E-state index contributed by atoms with van der Waals surface area (Å²) in [6, 6.07) is 12.3. The SMILES string of the molecule is SCC(CSc1ncccn1)c1ccccc1. The zero-order chi connectivity index (χ0) is 11.9. The van der Waals surface area contributed by atoms with Crippen LogP contribution in [-0.4, -0.2) is 21.5 Å². The van der Waals surface area contributed by atoms with Crippen molar-refractivity contribution < 1.29 is 0 Å². The molecule has 1 atom stereocenters. The van der Waals surface area contributed by atoms with Crippen molar-refractivity contribution >= 4 is 24.4 Å². The van der Waals surface area contributed by atoms with Gasteiger partial charge in [0.05, 0.1) is 0 Å². The summed E-state index contributed by atoms with van der Waals surface area (Å²) in [4.78, 5) is 8.41. The fourth-order valence-electron chi connectivity index (χ4n) is 1.51. The lowest BCUT2D eigenvalue weighted by Crippen LogP contribution is -2.04. The fraction of sp³-hybridized carbons (Fsp3) is 0.231. The lowest BCUT2D eigenvalue weighted by atomic mass is 10.0. The van der Waals surface area contributed by atoms with Crippen LogP contribution in [0.4, 0.5) is 0 Å². The minimum absolute atomic E-state index is 0.438. The monoisotopic (exact) mass is 262 g/mol. The van der Waals surface area contributed by atoms with Crippen LogP contribution in [0.1, 0.15) is 11.5 Å². The van der Waals surface area contributed by atoms with E-state index in [-0.39, 0.29) is 0 Å². The average molecular weight is 262 g/mol. The number of nitrogens with zero attached hydrogens (tertiary/aromatic N) is 2. The highest BCUT2D eigenvalue weighted by molar-refractivity contribution is 7.99. The van der Waals surface area contributed by atoms with Crippen LogP contribution in [-0.2, 0) is 0 Å². The van der Waals surface area contributed by atoms with Crippen LogP contribution in [0.2, 0.25) is 0 Å². The van der Waals surface area contributed by atoms with Gasteiger partial charge in [-0.05, 0) is 17.4 Å². The highest BCUT2D eigenvalue weighted by atomic mass is 32.2. The molecule has 2 nitrogen and oxygen atoms in total. The van der Waals surface area contributed by atoms with Gasteiger partial charge in [-0.25, -0.2) is 9.97 Å². The third kappa shape index (κ3) is 3.75. The van der Waals surface area contributed by atoms with Gasteiger partial charge in [0.25, 0.3) is 0 Å². The van der Waals surface area contributed by atoms with E-state index in [0.29, 0.717) is 5.92 Å². The lowest BCUT2D eigenvalue weighted by Gasteiger charge is -2.13. The van der Waals surface area contributed by atoms with Crippen molar-refractivity contribution in [3.8, 4) is 0 Å². The molecule has 0 aliphatic rings. The fourth-order valence-corrected chi connectivity index (χ4v) is 2.96. The third-order valence-electron chi connectivity index (χ3n) is 2.45. The van der Waals surface area contributed by atoms with Gasteiger partial charge in [0, 0.05) is 24.1 Å². The van der Waals surface area contributed by atoms with Crippen LogP contribution >= 0.6 is 24.4 Å². The van der Waals surface area contributed by atoms with Crippen LogP contribution in [0.5, 0.6) is 0 Å². The lowest BCUT2D eigenvalue weighted by molar-refractivity contribution is 0.887. The maximum absolute atomic E-state index is 4.42. The first-order valence-corrected chi connectivity index (χ1v) is 7.07. The van der Waals surface area contributed by atoms with Crippen LogP contribution in [0.15, 0.2) is 53.9 Å². The average Bonchev–Trinajstić information content (AvgIpc) is 2.42. The second kappa shape index (κ2) is 6.67. The molecule has 1 aromatic carbocycles. The Morgan fingerprint density at radius 1 is 1.06 bits per heavy atom. The van der Waals surface area contributed by atoms with E-state index in [1.54, 1.807) is 24.2 Å². The van der Waals surface area contributed by atoms with Crippen LogP contribution in [0, 0.1) is 0 Å². The van der Waals surface area contributed by atoms with E-state index in [0.717, 1.165) is 16.7 Å². The van der Waals surface area contributed by atoms with E-state index in [1.807, 2.05) is 12.1 Å². The van der Waals surface area contributed by atoms with E-state index >= 15 is 0 Å². The summed E-state index contributed by atoms with van der Waals surface area (Å²) in [5, 5.41) is 0.829. The van der Waals surface area contributed by atoms with Gasteiger partial charge in [-0.15, -0.1) is 0 Å². The van der Waals surface area contributed by atoms with E-state index in [4.69, 9.17) is 0 Å². The second-order valence-electron chi connectivity index (χ2n) is 3.63. The zero-order valence-corrected chi connectivity index (χ0v) is 11.1. The Labute approximate surface area is 111 Å². The van der Waals surface area contributed by atoms with Gasteiger partial charge >= 0.3 is 0 Å². The molecule has 0 fully saturated rings. The first-order valence-electron chi connectivity index (χ1n) is 5.46. The van der Waals surface area contributed by atoms with Crippen molar-refractivity contribution in [1.82, 2.24) is 9.97 Å². The molecule has 0 saturated heterocycles. The zero-order valence-electron chi connectivity index (χ0n) is 9.36. The van der Waals surface area contributed by atoms with E-state index < -0.39 is 0 Å². The Hall–Kier alpha value is -1.00. The van der Waals surface area contributed by atoms with Crippen molar-refractivity contribution in [1.29, 1.82) is 0 Å². The summed E-state index contributed by atoms with van der Waals surface area (Å²) >= 11 is 6.10. The molecule has 17 heavy (non-hydrogen) atoms. The maximum Gasteiger partial charge on any atom is 0.187 e. The Kier molecular flexibility index (Phi) is 4.88. The third-order valence-corrected chi connectivity index (χ3v) is 3.93. The van der Waals surface area contributed by atoms with E-state index in [9.17, 15) is 0 Å². The molecule has 2 rings (SSSR count). The van der Waals surface area contributed by atoms with Gasteiger partial charge in [-0.2, -0.15) is 12.6 Å². The van der Waals surface area contributed by atoms with Gasteiger partial charge in [0.15, 0.2) is 5.16 Å². The van der Waals surface area contributed by atoms with Crippen molar-refractivity contribution in [2.24, 2.45) is 0 Å². The van der Waals surface area contributed by atoms with Crippen LogP contribution in [0.25, 0.3) is 0 Å². The van der Waals surface area contributed by atoms with Gasteiger partial charge in [0.1, 0.15) is 0 Å². The summed E-state index contributed by atoms with van der Waals surface area (Å²) in [5.41, 5.74) is 1.32. The minimum atomic E-state index is 0.438. The van der Waals surface area contributed by atoms with Crippen molar-refractivity contribution in [3.63, 3.8) is 0 Å². The molecule has 88 valence electrons. The molecule has 0 saturated carbocycles. The van der Waals surface area contributed by atoms with Gasteiger partial charge in [-0.1, -0.05) is 42.1 Å². The molecule has 2 aromatic rings. The molecular weight excluding hydrogens is 248 g/mol. The Balaban J connectivity index is 1.97. The first kappa shape index (κ1) is 12.5. The molecule has 4 heteroatoms. The van der Waals surface area contributed by atoms with Crippen molar-refractivity contribution in [2.75, 3.05) is 11.5 Å². The number of benzene rings is 1. The largest absolute Gasteiger partial charge is 0.231 e. The number of thiol groups is 1. The molecule has 0 bridgehead atoms. The van der Waals surface area contributed by atoms with Gasteiger partial charge in [-0.3, -0.25) is 0 Å². The topological polar surface area (TPSA) is 25.8 Å².